The van der Waals surface area contributed by atoms with Crippen LogP contribution in [-0.4, -0.2) is 29.6 Å². The molecule has 20 heavy (non-hydrogen) atoms. The summed E-state index contributed by atoms with van der Waals surface area (Å²) in [6.45, 7) is 1.05. The molecule has 0 aromatic heterocycles. The van der Waals surface area contributed by atoms with Gasteiger partial charge in [0.15, 0.2) is 0 Å². The molecule has 0 radical (unpaired) electrons. The standard InChI is InChI=1S/C18H21NO/c1-19-14-8-13-17(19)18(20,15-9-4-2-5-10-15)16-11-6-3-7-12-16/h2-7,9-12,17,20H,8,13-14H2,1H3/t17-/m0/s1. The van der Waals surface area contributed by atoms with Crippen molar-refractivity contribution in [2.75, 3.05) is 13.6 Å². The summed E-state index contributed by atoms with van der Waals surface area (Å²) in [7, 11) is 2.11. The van der Waals surface area contributed by atoms with Crippen molar-refractivity contribution in [3.63, 3.8) is 0 Å². The fourth-order valence-electron chi connectivity index (χ4n) is 3.37. The number of likely N-dealkylation sites (N-methyl/N-ethyl adjacent to an activating group) is 1. The molecule has 0 spiro atoms. The van der Waals surface area contributed by atoms with E-state index < -0.39 is 5.60 Å². The van der Waals surface area contributed by atoms with Gasteiger partial charge in [0.1, 0.15) is 5.60 Å². The van der Waals surface area contributed by atoms with Crippen LogP contribution < -0.4 is 0 Å². The van der Waals surface area contributed by atoms with Gasteiger partial charge >= 0.3 is 0 Å². The van der Waals surface area contributed by atoms with Crippen LogP contribution in [0.3, 0.4) is 0 Å². The zero-order valence-electron chi connectivity index (χ0n) is 11.9. The molecule has 0 amide bonds. The van der Waals surface area contributed by atoms with Gasteiger partial charge in [0, 0.05) is 6.04 Å². The van der Waals surface area contributed by atoms with Crippen molar-refractivity contribution in [2.24, 2.45) is 0 Å². The molecule has 3 rings (SSSR count). The Morgan fingerprint density at radius 2 is 1.45 bits per heavy atom. The molecular weight excluding hydrogens is 246 g/mol. The summed E-state index contributed by atoms with van der Waals surface area (Å²) < 4.78 is 0. The van der Waals surface area contributed by atoms with Crippen molar-refractivity contribution in [3.8, 4) is 0 Å². The molecule has 1 heterocycles. The summed E-state index contributed by atoms with van der Waals surface area (Å²) in [6, 6.07) is 20.2. The van der Waals surface area contributed by atoms with E-state index in [1.54, 1.807) is 0 Å². The molecule has 0 unspecified atom stereocenters. The van der Waals surface area contributed by atoms with Crippen LogP contribution in [0.25, 0.3) is 0 Å². The van der Waals surface area contributed by atoms with Crippen LogP contribution in [0.4, 0.5) is 0 Å². The SMILES string of the molecule is CN1CCC[C@H]1C(O)(c1ccccc1)c1ccccc1. The number of aliphatic hydroxyl groups is 1. The molecule has 1 saturated heterocycles. The van der Waals surface area contributed by atoms with Crippen molar-refractivity contribution in [1.29, 1.82) is 0 Å². The number of rotatable bonds is 3. The van der Waals surface area contributed by atoms with E-state index in [1.807, 2.05) is 60.7 Å². The maximum atomic E-state index is 11.6. The van der Waals surface area contributed by atoms with E-state index in [-0.39, 0.29) is 6.04 Å². The van der Waals surface area contributed by atoms with Crippen LogP contribution in [0.5, 0.6) is 0 Å². The molecule has 1 atom stereocenters. The minimum absolute atomic E-state index is 0.132. The van der Waals surface area contributed by atoms with Gasteiger partial charge in [-0.15, -0.1) is 0 Å². The molecule has 1 N–H and O–H groups in total. The van der Waals surface area contributed by atoms with Crippen molar-refractivity contribution in [1.82, 2.24) is 4.90 Å². The molecule has 2 nitrogen and oxygen atoms in total. The lowest BCUT2D eigenvalue weighted by Crippen LogP contribution is -2.46. The molecule has 2 heteroatoms. The lowest BCUT2D eigenvalue weighted by atomic mass is 9.79. The highest BCUT2D eigenvalue weighted by Gasteiger charge is 2.43. The first-order chi connectivity index (χ1) is 9.73. The lowest BCUT2D eigenvalue weighted by Gasteiger charge is -2.38. The highest BCUT2D eigenvalue weighted by Crippen LogP contribution is 2.39. The number of hydrogen-bond donors (Lipinski definition) is 1. The number of likely N-dealkylation sites (tertiary alicyclic amines) is 1. The lowest BCUT2D eigenvalue weighted by molar-refractivity contribution is 0.00469. The van der Waals surface area contributed by atoms with Gasteiger partial charge in [0.05, 0.1) is 0 Å². The van der Waals surface area contributed by atoms with E-state index in [0.717, 1.165) is 30.5 Å². The molecular formula is C18H21NO. The predicted molar refractivity (Wildman–Crippen MR) is 81.5 cm³/mol. The number of nitrogens with zero attached hydrogens (tertiary/aromatic N) is 1. The second-order valence-electron chi connectivity index (χ2n) is 5.64. The van der Waals surface area contributed by atoms with E-state index >= 15 is 0 Å². The normalized spacial score (nSPS) is 20.2. The first kappa shape index (κ1) is 13.3. The highest BCUT2D eigenvalue weighted by molar-refractivity contribution is 5.38. The minimum Gasteiger partial charge on any atom is -0.379 e. The Balaban J connectivity index is 2.13. The first-order valence-corrected chi connectivity index (χ1v) is 7.26. The van der Waals surface area contributed by atoms with Gasteiger partial charge < -0.3 is 5.11 Å². The highest BCUT2D eigenvalue weighted by atomic mass is 16.3. The van der Waals surface area contributed by atoms with E-state index in [0.29, 0.717) is 0 Å². The third-order valence-corrected chi connectivity index (χ3v) is 4.43. The molecule has 104 valence electrons. The molecule has 0 bridgehead atoms. The summed E-state index contributed by atoms with van der Waals surface area (Å²) in [5, 5.41) is 11.6. The average Bonchev–Trinajstić information content (AvgIpc) is 2.95. The summed E-state index contributed by atoms with van der Waals surface area (Å²) in [4.78, 5) is 2.28. The van der Waals surface area contributed by atoms with Crippen molar-refractivity contribution >= 4 is 0 Å². The third-order valence-electron chi connectivity index (χ3n) is 4.43. The molecule has 1 fully saturated rings. The average molecular weight is 267 g/mol. The van der Waals surface area contributed by atoms with E-state index in [2.05, 4.69) is 11.9 Å². The van der Waals surface area contributed by atoms with E-state index in [9.17, 15) is 5.11 Å². The summed E-state index contributed by atoms with van der Waals surface area (Å²) in [5.74, 6) is 0. The maximum Gasteiger partial charge on any atom is 0.130 e. The zero-order valence-corrected chi connectivity index (χ0v) is 11.9. The smallest absolute Gasteiger partial charge is 0.130 e. The van der Waals surface area contributed by atoms with Gasteiger partial charge in [-0.1, -0.05) is 60.7 Å². The molecule has 2 aromatic carbocycles. The molecule has 1 aliphatic rings. The molecule has 0 aliphatic carbocycles. The van der Waals surface area contributed by atoms with Crippen LogP contribution in [0, 0.1) is 0 Å². The van der Waals surface area contributed by atoms with Crippen molar-refractivity contribution < 1.29 is 5.11 Å². The van der Waals surface area contributed by atoms with Gasteiger partial charge in [0.25, 0.3) is 0 Å². The Morgan fingerprint density at radius 1 is 0.950 bits per heavy atom. The quantitative estimate of drug-likeness (QED) is 0.924. The minimum atomic E-state index is -0.937. The Labute approximate surface area is 120 Å². The van der Waals surface area contributed by atoms with E-state index in [4.69, 9.17) is 0 Å². The summed E-state index contributed by atoms with van der Waals surface area (Å²) in [5.41, 5.74) is 1.02. The summed E-state index contributed by atoms with van der Waals surface area (Å²) >= 11 is 0. The van der Waals surface area contributed by atoms with Gasteiger partial charge in [-0.05, 0) is 37.6 Å². The molecule has 0 saturated carbocycles. The van der Waals surface area contributed by atoms with Gasteiger partial charge in [-0.3, -0.25) is 4.90 Å². The van der Waals surface area contributed by atoms with Crippen LogP contribution in [0.1, 0.15) is 24.0 Å². The Kier molecular flexibility index (Phi) is 3.60. The van der Waals surface area contributed by atoms with Crippen LogP contribution in [-0.2, 0) is 5.60 Å². The van der Waals surface area contributed by atoms with Crippen molar-refractivity contribution in [3.05, 3.63) is 71.8 Å². The summed E-state index contributed by atoms with van der Waals surface area (Å²) in [6.07, 6.45) is 2.17. The van der Waals surface area contributed by atoms with E-state index in [1.165, 1.54) is 0 Å². The maximum absolute atomic E-state index is 11.6. The fraction of sp³-hybridized carbons (Fsp3) is 0.333. The topological polar surface area (TPSA) is 23.5 Å². The number of benzene rings is 2. The first-order valence-electron chi connectivity index (χ1n) is 7.26. The van der Waals surface area contributed by atoms with Gasteiger partial charge in [0.2, 0.25) is 0 Å². The van der Waals surface area contributed by atoms with Crippen LogP contribution in [0.2, 0.25) is 0 Å². The Hall–Kier alpha value is -1.64. The van der Waals surface area contributed by atoms with Crippen LogP contribution >= 0.6 is 0 Å². The third kappa shape index (κ3) is 2.15. The van der Waals surface area contributed by atoms with Crippen LogP contribution in [0.15, 0.2) is 60.7 Å². The molecule has 2 aromatic rings. The fourth-order valence-corrected chi connectivity index (χ4v) is 3.37. The Bertz CT molecular complexity index is 513. The zero-order chi connectivity index (χ0) is 14.0. The largest absolute Gasteiger partial charge is 0.379 e. The number of hydrogen-bond acceptors (Lipinski definition) is 2. The Morgan fingerprint density at radius 3 is 1.85 bits per heavy atom. The van der Waals surface area contributed by atoms with Gasteiger partial charge in [-0.25, -0.2) is 0 Å². The molecule has 1 aliphatic heterocycles. The monoisotopic (exact) mass is 267 g/mol. The van der Waals surface area contributed by atoms with Crippen molar-refractivity contribution in [2.45, 2.75) is 24.5 Å². The van der Waals surface area contributed by atoms with Gasteiger partial charge in [-0.2, -0.15) is 0 Å². The predicted octanol–water partition coefficient (Wildman–Crippen LogP) is 3.02. The second-order valence-corrected chi connectivity index (χ2v) is 5.64. The second kappa shape index (κ2) is 5.39.